The largest absolute Gasteiger partial charge is 0.316 e. The molecule has 1 saturated heterocycles. The lowest BCUT2D eigenvalue weighted by Crippen LogP contribution is -2.47. The minimum absolute atomic E-state index is 0.194. The molecule has 1 aliphatic heterocycles. The van der Waals surface area contributed by atoms with Gasteiger partial charge in [0.25, 0.3) is 0 Å². The molecule has 2 rings (SSSR count). The van der Waals surface area contributed by atoms with Gasteiger partial charge in [0.2, 0.25) is 0 Å². The summed E-state index contributed by atoms with van der Waals surface area (Å²) < 4.78 is 12.9. The van der Waals surface area contributed by atoms with Gasteiger partial charge in [-0.1, -0.05) is 17.7 Å². The highest BCUT2D eigenvalue weighted by Gasteiger charge is 2.15. The Morgan fingerprint density at radius 2 is 2.27 bits per heavy atom. The summed E-state index contributed by atoms with van der Waals surface area (Å²) in [7, 11) is 0. The van der Waals surface area contributed by atoms with Crippen molar-refractivity contribution in [1.82, 2.24) is 10.6 Å². The fourth-order valence-corrected chi connectivity index (χ4v) is 1.77. The van der Waals surface area contributed by atoms with Gasteiger partial charge in [-0.3, -0.25) is 0 Å². The van der Waals surface area contributed by atoms with Crippen molar-refractivity contribution in [3.63, 3.8) is 0 Å². The standard InChI is InChI=1S/C11H14ClFN2/c12-10-3-8(1-2-11(10)13)4-14-5-9-6-15-7-9/h1-3,9,14-15H,4-7H2. The second-order valence-corrected chi connectivity index (χ2v) is 4.31. The van der Waals surface area contributed by atoms with Gasteiger partial charge in [-0.2, -0.15) is 0 Å². The van der Waals surface area contributed by atoms with Gasteiger partial charge < -0.3 is 10.6 Å². The Hall–Kier alpha value is -0.640. The van der Waals surface area contributed by atoms with Gasteiger partial charge in [0, 0.05) is 26.2 Å². The van der Waals surface area contributed by atoms with E-state index < -0.39 is 0 Å². The molecule has 1 aliphatic rings. The van der Waals surface area contributed by atoms with E-state index in [1.807, 2.05) is 0 Å². The van der Waals surface area contributed by atoms with E-state index >= 15 is 0 Å². The first-order valence-corrected chi connectivity index (χ1v) is 5.49. The predicted molar refractivity (Wildman–Crippen MR) is 59.5 cm³/mol. The summed E-state index contributed by atoms with van der Waals surface area (Å²) in [5, 5.41) is 6.74. The van der Waals surface area contributed by atoms with Crippen molar-refractivity contribution in [2.75, 3.05) is 19.6 Å². The van der Waals surface area contributed by atoms with Crippen molar-refractivity contribution in [3.8, 4) is 0 Å². The van der Waals surface area contributed by atoms with Crippen LogP contribution in [-0.2, 0) is 6.54 Å². The van der Waals surface area contributed by atoms with Crippen LogP contribution in [0, 0.1) is 11.7 Å². The maximum absolute atomic E-state index is 12.9. The molecule has 1 heterocycles. The summed E-state index contributed by atoms with van der Waals surface area (Å²) in [6, 6.07) is 4.83. The third-order valence-electron chi connectivity index (χ3n) is 2.61. The second kappa shape index (κ2) is 4.92. The van der Waals surface area contributed by atoms with Crippen molar-refractivity contribution in [2.24, 2.45) is 5.92 Å². The normalized spacial score (nSPS) is 16.4. The van der Waals surface area contributed by atoms with Gasteiger partial charge in [-0.25, -0.2) is 4.39 Å². The number of rotatable bonds is 4. The fraction of sp³-hybridized carbons (Fsp3) is 0.455. The van der Waals surface area contributed by atoms with E-state index in [0.29, 0.717) is 0 Å². The Kier molecular flexibility index (Phi) is 3.57. The Bertz CT molecular complexity index is 339. The molecule has 1 fully saturated rings. The van der Waals surface area contributed by atoms with E-state index in [4.69, 9.17) is 11.6 Å². The highest BCUT2D eigenvalue weighted by molar-refractivity contribution is 6.30. The Labute approximate surface area is 93.8 Å². The lowest BCUT2D eigenvalue weighted by Gasteiger charge is -2.27. The number of benzene rings is 1. The number of hydrogen-bond donors (Lipinski definition) is 2. The van der Waals surface area contributed by atoms with Crippen LogP contribution in [-0.4, -0.2) is 19.6 Å². The van der Waals surface area contributed by atoms with Crippen molar-refractivity contribution in [3.05, 3.63) is 34.6 Å². The highest BCUT2D eigenvalue weighted by Crippen LogP contribution is 2.15. The molecule has 4 heteroatoms. The number of nitrogens with one attached hydrogen (secondary N) is 2. The maximum Gasteiger partial charge on any atom is 0.141 e. The molecule has 2 N–H and O–H groups in total. The van der Waals surface area contributed by atoms with Crippen LogP contribution in [0.4, 0.5) is 4.39 Å². The summed E-state index contributed by atoms with van der Waals surface area (Å²) in [6.45, 7) is 3.94. The monoisotopic (exact) mass is 228 g/mol. The third-order valence-corrected chi connectivity index (χ3v) is 2.90. The zero-order valence-corrected chi connectivity index (χ0v) is 9.15. The van der Waals surface area contributed by atoms with E-state index in [1.54, 1.807) is 12.1 Å². The van der Waals surface area contributed by atoms with E-state index in [9.17, 15) is 4.39 Å². The molecular formula is C11H14ClFN2. The summed E-state index contributed by atoms with van der Waals surface area (Å²) >= 11 is 5.68. The average Bonchev–Trinajstić information content (AvgIpc) is 2.15. The predicted octanol–water partition coefficient (Wildman–Crippen LogP) is 1.79. The molecule has 0 bridgehead atoms. The van der Waals surface area contributed by atoms with Crippen LogP contribution in [0.2, 0.25) is 5.02 Å². The van der Waals surface area contributed by atoms with Crippen molar-refractivity contribution in [1.29, 1.82) is 0 Å². The summed E-state index contributed by atoms with van der Waals surface area (Å²) in [6.07, 6.45) is 0. The fourth-order valence-electron chi connectivity index (χ4n) is 1.56. The molecule has 0 atom stereocenters. The molecule has 1 aromatic rings. The molecule has 0 saturated carbocycles. The van der Waals surface area contributed by atoms with Crippen molar-refractivity contribution < 1.29 is 4.39 Å². The topological polar surface area (TPSA) is 24.1 Å². The smallest absolute Gasteiger partial charge is 0.141 e. The van der Waals surface area contributed by atoms with E-state index in [2.05, 4.69) is 10.6 Å². The van der Waals surface area contributed by atoms with Gasteiger partial charge in [-0.05, 0) is 23.6 Å². The lowest BCUT2D eigenvalue weighted by atomic mass is 10.0. The SMILES string of the molecule is Fc1ccc(CNCC2CNC2)cc1Cl. The van der Waals surface area contributed by atoms with Crippen LogP contribution in [0.15, 0.2) is 18.2 Å². The molecule has 0 aliphatic carbocycles. The summed E-state index contributed by atoms with van der Waals surface area (Å²) in [5.74, 6) is 0.379. The summed E-state index contributed by atoms with van der Waals surface area (Å²) in [5.41, 5.74) is 1.02. The Morgan fingerprint density at radius 1 is 1.47 bits per heavy atom. The van der Waals surface area contributed by atoms with Gasteiger partial charge in [0.15, 0.2) is 0 Å². The number of halogens is 2. The molecule has 0 amide bonds. The minimum Gasteiger partial charge on any atom is -0.316 e. The quantitative estimate of drug-likeness (QED) is 0.821. The zero-order chi connectivity index (χ0) is 10.7. The van der Waals surface area contributed by atoms with Gasteiger partial charge in [-0.15, -0.1) is 0 Å². The summed E-state index contributed by atoms with van der Waals surface area (Å²) in [4.78, 5) is 0. The molecule has 15 heavy (non-hydrogen) atoms. The molecule has 0 spiro atoms. The molecular weight excluding hydrogens is 215 g/mol. The Morgan fingerprint density at radius 3 is 2.87 bits per heavy atom. The van der Waals surface area contributed by atoms with Crippen LogP contribution < -0.4 is 10.6 Å². The molecule has 2 nitrogen and oxygen atoms in total. The maximum atomic E-state index is 12.9. The van der Waals surface area contributed by atoms with E-state index in [0.717, 1.165) is 37.7 Å². The van der Waals surface area contributed by atoms with Crippen molar-refractivity contribution in [2.45, 2.75) is 6.54 Å². The Balaban J connectivity index is 1.79. The van der Waals surface area contributed by atoms with Crippen LogP contribution in [0.25, 0.3) is 0 Å². The van der Waals surface area contributed by atoms with E-state index in [-0.39, 0.29) is 10.8 Å². The van der Waals surface area contributed by atoms with Crippen LogP contribution in [0.3, 0.4) is 0 Å². The average molecular weight is 229 g/mol. The van der Waals surface area contributed by atoms with Crippen molar-refractivity contribution >= 4 is 11.6 Å². The molecule has 0 aromatic heterocycles. The van der Waals surface area contributed by atoms with Gasteiger partial charge >= 0.3 is 0 Å². The molecule has 1 aromatic carbocycles. The molecule has 0 radical (unpaired) electrons. The zero-order valence-electron chi connectivity index (χ0n) is 8.39. The van der Waals surface area contributed by atoms with Crippen LogP contribution >= 0.6 is 11.6 Å². The van der Waals surface area contributed by atoms with Gasteiger partial charge in [0.1, 0.15) is 5.82 Å². The second-order valence-electron chi connectivity index (χ2n) is 3.90. The van der Waals surface area contributed by atoms with Gasteiger partial charge in [0.05, 0.1) is 5.02 Å². The van der Waals surface area contributed by atoms with Crippen LogP contribution in [0.5, 0.6) is 0 Å². The first-order chi connectivity index (χ1) is 7.25. The number of hydrogen-bond acceptors (Lipinski definition) is 2. The van der Waals surface area contributed by atoms with Crippen LogP contribution in [0.1, 0.15) is 5.56 Å². The third kappa shape index (κ3) is 2.91. The van der Waals surface area contributed by atoms with E-state index in [1.165, 1.54) is 6.07 Å². The lowest BCUT2D eigenvalue weighted by molar-refractivity contribution is 0.331. The first kappa shape index (κ1) is 10.9. The molecule has 0 unspecified atom stereocenters. The first-order valence-electron chi connectivity index (χ1n) is 5.11. The molecule has 82 valence electrons. The highest BCUT2D eigenvalue weighted by atomic mass is 35.5. The minimum atomic E-state index is -0.358.